The number of hydrogen-bond acceptors (Lipinski definition) is 9. The summed E-state index contributed by atoms with van der Waals surface area (Å²) < 4.78 is 44.1. The Morgan fingerprint density at radius 2 is 1.58 bits per heavy atom. The molecule has 0 radical (unpaired) electrons. The zero-order valence-electron chi connectivity index (χ0n) is 16.1. The predicted molar refractivity (Wildman–Crippen MR) is 92.5 cm³/mol. The van der Waals surface area contributed by atoms with Crippen molar-refractivity contribution in [2.75, 3.05) is 87.4 Å². The van der Waals surface area contributed by atoms with Crippen LogP contribution in [0.2, 0.25) is 0 Å². The van der Waals surface area contributed by atoms with Crippen molar-refractivity contribution in [3.8, 4) is 0 Å². The first-order valence-electron chi connectivity index (χ1n) is 8.90. The Bertz CT molecular complexity index is 319. The summed E-state index contributed by atoms with van der Waals surface area (Å²) in [5.41, 5.74) is 0. The van der Waals surface area contributed by atoms with Crippen LogP contribution in [0.1, 0.15) is 0 Å². The van der Waals surface area contributed by atoms with Gasteiger partial charge in [-0.15, -0.1) is 0 Å². The van der Waals surface area contributed by atoms with Gasteiger partial charge >= 0.3 is 0 Å². The van der Waals surface area contributed by atoms with E-state index in [1.54, 1.807) is 21.3 Å². The van der Waals surface area contributed by atoms with Gasteiger partial charge in [0.25, 0.3) is 0 Å². The third-order valence-electron chi connectivity index (χ3n) is 3.86. The molecule has 0 aromatic heterocycles. The van der Waals surface area contributed by atoms with Gasteiger partial charge in [0.1, 0.15) is 24.4 Å². The summed E-state index contributed by atoms with van der Waals surface area (Å²) in [6.45, 7) is 3.62. The molecule has 156 valence electrons. The monoisotopic (exact) mass is 382 g/mol. The fourth-order valence-corrected chi connectivity index (χ4v) is 2.61. The molecule has 1 aliphatic rings. The van der Waals surface area contributed by atoms with Gasteiger partial charge in [0.05, 0.1) is 66.1 Å². The van der Waals surface area contributed by atoms with Crippen LogP contribution in [0.15, 0.2) is 0 Å². The van der Waals surface area contributed by atoms with E-state index in [1.165, 1.54) is 0 Å². The lowest BCUT2D eigenvalue weighted by atomic mass is 10.1. The molecule has 0 amide bonds. The molecule has 9 heteroatoms. The molecule has 1 heterocycles. The fourth-order valence-electron chi connectivity index (χ4n) is 2.61. The van der Waals surface area contributed by atoms with Crippen LogP contribution >= 0.6 is 0 Å². The van der Waals surface area contributed by atoms with Gasteiger partial charge in [-0.05, 0) is 0 Å². The predicted octanol–water partition coefficient (Wildman–Crippen LogP) is -0.511. The van der Waals surface area contributed by atoms with Crippen molar-refractivity contribution in [2.24, 2.45) is 0 Å². The maximum Gasteiger partial charge on any atom is 0.115 e. The summed E-state index contributed by atoms with van der Waals surface area (Å²) in [6.07, 6.45) is -1.31. The molecule has 4 atom stereocenters. The summed E-state index contributed by atoms with van der Waals surface area (Å²) >= 11 is 0. The SMILES string of the molecule is COCCOCC(OCCOC)C1OCC(OCCO)C1OCCOC. The second-order valence-corrected chi connectivity index (χ2v) is 5.73. The van der Waals surface area contributed by atoms with Crippen LogP contribution < -0.4 is 0 Å². The number of aliphatic hydroxyl groups is 1. The molecular formula is C17H34O9. The number of rotatable bonds is 17. The number of aliphatic hydroxyl groups excluding tert-OH is 1. The van der Waals surface area contributed by atoms with Crippen LogP contribution in [-0.4, -0.2) is 117 Å². The van der Waals surface area contributed by atoms with Crippen molar-refractivity contribution < 1.29 is 43.0 Å². The van der Waals surface area contributed by atoms with Crippen molar-refractivity contribution in [1.82, 2.24) is 0 Å². The summed E-state index contributed by atoms with van der Waals surface area (Å²) in [5, 5.41) is 9.01. The van der Waals surface area contributed by atoms with E-state index in [0.717, 1.165) is 0 Å². The largest absolute Gasteiger partial charge is 0.394 e. The van der Waals surface area contributed by atoms with Gasteiger partial charge in [-0.3, -0.25) is 0 Å². The first-order valence-corrected chi connectivity index (χ1v) is 8.90. The molecular weight excluding hydrogens is 348 g/mol. The van der Waals surface area contributed by atoms with Gasteiger partial charge < -0.3 is 43.0 Å². The van der Waals surface area contributed by atoms with E-state index >= 15 is 0 Å². The van der Waals surface area contributed by atoms with Gasteiger partial charge in [-0.25, -0.2) is 0 Å². The van der Waals surface area contributed by atoms with Gasteiger partial charge in [-0.1, -0.05) is 0 Å². The van der Waals surface area contributed by atoms with E-state index in [4.69, 9.17) is 43.0 Å². The molecule has 9 nitrogen and oxygen atoms in total. The third-order valence-corrected chi connectivity index (χ3v) is 3.86. The fraction of sp³-hybridized carbons (Fsp3) is 1.00. The Hall–Kier alpha value is -0.360. The molecule has 0 spiro atoms. The Morgan fingerprint density at radius 1 is 0.885 bits per heavy atom. The minimum absolute atomic E-state index is 0.0557. The molecule has 26 heavy (non-hydrogen) atoms. The molecule has 0 aliphatic carbocycles. The zero-order valence-corrected chi connectivity index (χ0v) is 16.1. The van der Waals surface area contributed by atoms with E-state index in [1.807, 2.05) is 0 Å². The Kier molecular flexibility index (Phi) is 14.3. The smallest absolute Gasteiger partial charge is 0.115 e. The molecule has 1 saturated heterocycles. The van der Waals surface area contributed by atoms with Crippen molar-refractivity contribution in [1.29, 1.82) is 0 Å². The van der Waals surface area contributed by atoms with Gasteiger partial charge in [0, 0.05) is 21.3 Å². The second kappa shape index (κ2) is 15.7. The molecule has 0 saturated carbocycles. The maximum atomic E-state index is 9.01. The quantitative estimate of drug-likeness (QED) is 0.334. The summed E-state index contributed by atoms with van der Waals surface area (Å²) in [5.74, 6) is 0. The van der Waals surface area contributed by atoms with Crippen molar-refractivity contribution >= 4 is 0 Å². The van der Waals surface area contributed by atoms with Crippen LogP contribution in [0.25, 0.3) is 0 Å². The van der Waals surface area contributed by atoms with Crippen LogP contribution in [-0.2, 0) is 37.9 Å². The molecule has 0 aromatic rings. The lowest BCUT2D eigenvalue weighted by Gasteiger charge is -2.29. The number of ether oxygens (including phenoxy) is 8. The zero-order chi connectivity index (χ0) is 19.0. The Labute approximate surface area is 155 Å². The summed E-state index contributed by atoms with van der Waals surface area (Å²) in [6, 6.07) is 0. The topological polar surface area (TPSA) is 94.1 Å². The highest BCUT2D eigenvalue weighted by atomic mass is 16.6. The number of methoxy groups -OCH3 is 3. The lowest BCUT2D eigenvalue weighted by Crippen LogP contribution is -2.45. The van der Waals surface area contributed by atoms with Gasteiger partial charge in [0.15, 0.2) is 0 Å². The van der Waals surface area contributed by atoms with E-state index in [-0.39, 0.29) is 37.6 Å². The van der Waals surface area contributed by atoms with Crippen LogP contribution in [0.4, 0.5) is 0 Å². The van der Waals surface area contributed by atoms with Crippen LogP contribution in [0, 0.1) is 0 Å². The van der Waals surface area contributed by atoms with Crippen molar-refractivity contribution in [3.05, 3.63) is 0 Å². The first-order chi connectivity index (χ1) is 12.8. The molecule has 1 aliphatic heterocycles. The number of hydrogen-bond donors (Lipinski definition) is 1. The summed E-state index contributed by atoms with van der Waals surface area (Å²) in [4.78, 5) is 0. The molecule has 1 N–H and O–H groups in total. The Morgan fingerprint density at radius 3 is 2.27 bits per heavy atom. The van der Waals surface area contributed by atoms with E-state index < -0.39 is 0 Å². The average molecular weight is 382 g/mol. The van der Waals surface area contributed by atoms with Gasteiger partial charge in [-0.2, -0.15) is 0 Å². The van der Waals surface area contributed by atoms with Gasteiger partial charge in [0.2, 0.25) is 0 Å². The third kappa shape index (κ3) is 9.03. The molecule has 0 bridgehead atoms. The van der Waals surface area contributed by atoms with E-state index in [9.17, 15) is 0 Å². The van der Waals surface area contributed by atoms with Crippen LogP contribution in [0.5, 0.6) is 0 Å². The highest BCUT2D eigenvalue weighted by Crippen LogP contribution is 2.25. The Balaban J connectivity index is 2.66. The molecule has 0 aromatic carbocycles. The van der Waals surface area contributed by atoms with Crippen LogP contribution in [0.3, 0.4) is 0 Å². The lowest BCUT2D eigenvalue weighted by molar-refractivity contribution is -0.137. The maximum absolute atomic E-state index is 9.01. The van der Waals surface area contributed by atoms with E-state index in [0.29, 0.717) is 52.9 Å². The molecule has 1 rings (SSSR count). The second-order valence-electron chi connectivity index (χ2n) is 5.73. The standard InChI is InChI=1S/C17H34O9/c1-19-6-9-22-12-14(24-10-7-20-2)17-16(25-11-8-21-3)15(13-26-17)23-5-4-18/h14-18H,4-13H2,1-3H3. The van der Waals surface area contributed by atoms with Crippen molar-refractivity contribution in [2.45, 2.75) is 24.4 Å². The molecule has 4 unspecified atom stereocenters. The highest BCUT2D eigenvalue weighted by molar-refractivity contribution is 4.91. The summed E-state index contributed by atoms with van der Waals surface area (Å²) in [7, 11) is 4.86. The first kappa shape index (κ1) is 23.7. The normalized spacial score (nSPS) is 24.2. The minimum Gasteiger partial charge on any atom is -0.394 e. The minimum atomic E-state index is -0.352. The molecule has 1 fully saturated rings. The highest BCUT2D eigenvalue weighted by Gasteiger charge is 2.44. The van der Waals surface area contributed by atoms with Crippen molar-refractivity contribution in [3.63, 3.8) is 0 Å². The van der Waals surface area contributed by atoms with E-state index in [2.05, 4.69) is 0 Å². The average Bonchev–Trinajstić information content (AvgIpc) is 3.05.